The summed E-state index contributed by atoms with van der Waals surface area (Å²) in [5, 5.41) is 13.0. The van der Waals surface area contributed by atoms with Crippen molar-refractivity contribution in [2.24, 2.45) is 11.8 Å². The zero-order valence-corrected chi connectivity index (χ0v) is 19.7. The van der Waals surface area contributed by atoms with Crippen molar-refractivity contribution in [1.82, 2.24) is 10.2 Å². The van der Waals surface area contributed by atoms with Crippen molar-refractivity contribution < 1.29 is 9.59 Å². The number of carbonyl (C=O) groups is 2. The number of nitriles is 1. The van der Waals surface area contributed by atoms with Gasteiger partial charge in [0.1, 0.15) is 6.04 Å². The minimum absolute atomic E-state index is 0.0149. The molecule has 1 aliphatic heterocycles. The van der Waals surface area contributed by atoms with Gasteiger partial charge in [-0.3, -0.25) is 9.59 Å². The summed E-state index contributed by atoms with van der Waals surface area (Å²) in [5.41, 5.74) is 0.521. The third kappa shape index (κ3) is 6.56. The zero-order valence-electron chi connectivity index (χ0n) is 19.7. The highest BCUT2D eigenvalue weighted by atomic mass is 16.2. The molecule has 0 aliphatic carbocycles. The summed E-state index contributed by atoms with van der Waals surface area (Å²) in [6, 6.07) is 12.2. The zero-order chi connectivity index (χ0) is 22.9. The standard InChI is InChI=1S/C26H39N3O2/c1-20(2)15-17-28-25(31)23-13-10-18-29(23)24(30)14-8-9-16-26(19-27,21(3)4)22-11-6-5-7-12-22/h5-7,11-12,20-21,23H,8-10,13-18H2,1-4H3,(H,28,31)/t23-,26?/m1/s1. The lowest BCUT2D eigenvalue weighted by molar-refractivity contribution is -0.138. The first kappa shape index (κ1) is 24.9. The minimum Gasteiger partial charge on any atom is -0.354 e. The molecule has 1 fully saturated rings. The fourth-order valence-corrected chi connectivity index (χ4v) is 4.51. The first-order valence-corrected chi connectivity index (χ1v) is 11.9. The van der Waals surface area contributed by atoms with E-state index in [1.54, 1.807) is 4.90 Å². The highest BCUT2D eigenvalue weighted by Crippen LogP contribution is 2.37. The Balaban J connectivity index is 1.87. The van der Waals surface area contributed by atoms with Crippen molar-refractivity contribution >= 4 is 11.8 Å². The number of carbonyl (C=O) groups excluding carboxylic acids is 2. The smallest absolute Gasteiger partial charge is 0.242 e. The summed E-state index contributed by atoms with van der Waals surface area (Å²) in [4.78, 5) is 27.1. The summed E-state index contributed by atoms with van der Waals surface area (Å²) in [6.07, 6.45) is 5.29. The average molecular weight is 426 g/mol. The van der Waals surface area contributed by atoms with Gasteiger partial charge >= 0.3 is 0 Å². The van der Waals surface area contributed by atoms with Crippen molar-refractivity contribution in [3.05, 3.63) is 35.9 Å². The molecule has 5 nitrogen and oxygen atoms in total. The van der Waals surface area contributed by atoms with Gasteiger partial charge in [-0.1, -0.05) is 64.4 Å². The Morgan fingerprint density at radius 1 is 1.19 bits per heavy atom. The van der Waals surface area contributed by atoms with Crippen LogP contribution >= 0.6 is 0 Å². The van der Waals surface area contributed by atoms with Crippen molar-refractivity contribution in [2.45, 2.75) is 84.1 Å². The molecule has 0 aromatic heterocycles. The van der Waals surface area contributed by atoms with Crippen LogP contribution in [0.3, 0.4) is 0 Å². The number of benzene rings is 1. The lowest BCUT2D eigenvalue weighted by Crippen LogP contribution is -2.46. The molecule has 1 saturated heterocycles. The molecule has 31 heavy (non-hydrogen) atoms. The number of hydrogen-bond acceptors (Lipinski definition) is 3. The molecule has 1 unspecified atom stereocenters. The van der Waals surface area contributed by atoms with Gasteiger partial charge in [0.15, 0.2) is 0 Å². The second-order valence-electron chi connectivity index (χ2n) is 9.53. The van der Waals surface area contributed by atoms with Gasteiger partial charge in [0.25, 0.3) is 0 Å². The van der Waals surface area contributed by atoms with E-state index in [1.807, 2.05) is 30.3 Å². The predicted molar refractivity (Wildman–Crippen MR) is 124 cm³/mol. The molecule has 0 bridgehead atoms. The van der Waals surface area contributed by atoms with Crippen LogP contribution in [0.15, 0.2) is 30.3 Å². The van der Waals surface area contributed by atoms with Gasteiger partial charge in [-0.05, 0) is 49.5 Å². The summed E-state index contributed by atoms with van der Waals surface area (Å²) in [5.74, 6) is 0.782. The monoisotopic (exact) mass is 425 g/mol. The Kier molecular flexibility index (Phi) is 9.55. The number of rotatable bonds is 11. The van der Waals surface area contributed by atoms with Gasteiger partial charge in [0, 0.05) is 19.5 Å². The Morgan fingerprint density at radius 3 is 2.52 bits per heavy atom. The molecule has 170 valence electrons. The van der Waals surface area contributed by atoms with E-state index in [4.69, 9.17) is 0 Å². The molecule has 1 heterocycles. The Hall–Kier alpha value is -2.35. The molecule has 0 spiro atoms. The Bertz CT molecular complexity index is 754. The first-order valence-electron chi connectivity index (χ1n) is 11.9. The van der Waals surface area contributed by atoms with Crippen molar-refractivity contribution in [3.63, 3.8) is 0 Å². The number of hydrogen-bond donors (Lipinski definition) is 1. The molecule has 2 amide bonds. The average Bonchev–Trinajstić information content (AvgIpc) is 3.24. The van der Waals surface area contributed by atoms with Crippen molar-refractivity contribution in [3.8, 4) is 6.07 Å². The third-order valence-electron chi connectivity index (χ3n) is 6.58. The highest BCUT2D eigenvalue weighted by Gasteiger charge is 2.36. The van der Waals surface area contributed by atoms with E-state index in [2.05, 4.69) is 39.1 Å². The Labute approximate surface area is 188 Å². The summed E-state index contributed by atoms with van der Waals surface area (Å²) in [6.45, 7) is 9.78. The fourth-order valence-electron chi connectivity index (χ4n) is 4.51. The first-order chi connectivity index (χ1) is 14.8. The van der Waals surface area contributed by atoms with Crippen LogP contribution in [-0.4, -0.2) is 35.8 Å². The molecular weight excluding hydrogens is 386 g/mol. The number of amides is 2. The maximum Gasteiger partial charge on any atom is 0.242 e. The van der Waals surface area contributed by atoms with E-state index in [9.17, 15) is 14.9 Å². The summed E-state index contributed by atoms with van der Waals surface area (Å²) < 4.78 is 0. The quantitative estimate of drug-likeness (QED) is 0.517. The number of nitrogens with one attached hydrogen (secondary N) is 1. The normalized spacial score (nSPS) is 18.1. The molecule has 0 radical (unpaired) electrons. The van der Waals surface area contributed by atoms with Crippen LogP contribution in [-0.2, 0) is 15.0 Å². The molecule has 2 atom stereocenters. The van der Waals surface area contributed by atoms with Gasteiger partial charge in [0.05, 0.1) is 11.5 Å². The maximum atomic E-state index is 12.8. The van der Waals surface area contributed by atoms with Crippen LogP contribution in [0, 0.1) is 23.2 Å². The van der Waals surface area contributed by atoms with Gasteiger partial charge in [-0.2, -0.15) is 5.26 Å². The second kappa shape index (κ2) is 11.9. The largest absolute Gasteiger partial charge is 0.354 e. The van der Waals surface area contributed by atoms with E-state index in [1.165, 1.54) is 0 Å². The summed E-state index contributed by atoms with van der Waals surface area (Å²) >= 11 is 0. The maximum absolute atomic E-state index is 12.8. The van der Waals surface area contributed by atoms with Crippen LogP contribution in [0.25, 0.3) is 0 Å². The number of nitrogens with zero attached hydrogens (tertiary/aromatic N) is 2. The van der Waals surface area contributed by atoms with E-state index >= 15 is 0 Å². The third-order valence-corrected chi connectivity index (χ3v) is 6.58. The van der Waals surface area contributed by atoms with Gasteiger partial charge in [-0.25, -0.2) is 0 Å². The number of likely N-dealkylation sites (tertiary alicyclic amines) is 1. The molecular formula is C26H39N3O2. The van der Waals surface area contributed by atoms with Crippen molar-refractivity contribution in [1.29, 1.82) is 5.26 Å². The lowest BCUT2D eigenvalue weighted by atomic mass is 9.69. The van der Waals surface area contributed by atoms with Crippen LogP contribution in [0.5, 0.6) is 0 Å². The van der Waals surface area contributed by atoms with Gasteiger partial charge in [-0.15, -0.1) is 0 Å². The lowest BCUT2D eigenvalue weighted by Gasteiger charge is -2.31. The molecule has 0 saturated carbocycles. The van der Waals surface area contributed by atoms with Gasteiger partial charge in [0.2, 0.25) is 11.8 Å². The fraction of sp³-hybridized carbons (Fsp3) is 0.654. The van der Waals surface area contributed by atoms with Crippen LogP contribution in [0.4, 0.5) is 0 Å². The van der Waals surface area contributed by atoms with Crippen LogP contribution in [0.1, 0.15) is 78.2 Å². The van der Waals surface area contributed by atoms with E-state index in [0.717, 1.165) is 44.1 Å². The van der Waals surface area contributed by atoms with E-state index in [0.29, 0.717) is 25.4 Å². The van der Waals surface area contributed by atoms with Crippen molar-refractivity contribution in [2.75, 3.05) is 13.1 Å². The van der Waals surface area contributed by atoms with Gasteiger partial charge < -0.3 is 10.2 Å². The predicted octanol–water partition coefficient (Wildman–Crippen LogP) is 4.82. The van der Waals surface area contributed by atoms with Crippen LogP contribution < -0.4 is 5.32 Å². The highest BCUT2D eigenvalue weighted by molar-refractivity contribution is 5.88. The molecule has 1 aromatic rings. The van der Waals surface area contributed by atoms with E-state index in [-0.39, 0.29) is 23.8 Å². The SMILES string of the molecule is CC(C)CCNC(=O)[C@H]1CCCN1C(=O)CCCCC(C#N)(c1ccccc1)C(C)C. The Morgan fingerprint density at radius 2 is 1.90 bits per heavy atom. The minimum atomic E-state index is -0.531. The summed E-state index contributed by atoms with van der Waals surface area (Å²) in [7, 11) is 0. The van der Waals surface area contributed by atoms with E-state index < -0.39 is 5.41 Å². The molecule has 1 N–H and O–H groups in total. The second-order valence-corrected chi connectivity index (χ2v) is 9.53. The molecule has 1 aliphatic rings. The molecule has 5 heteroatoms. The van der Waals surface area contributed by atoms with Crippen LogP contribution in [0.2, 0.25) is 0 Å². The molecule has 1 aromatic carbocycles. The topological polar surface area (TPSA) is 73.2 Å². The number of unbranched alkanes of at least 4 members (excludes halogenated alkanes) is 1. The molecule has 2 rings (SSSR count).